The van der Waals surface area contributed by atoms with E-state index in [0.717, 1.165) is 49.3 Å². The fourth-order valence-corrected chi connectivity index (χ4v) is 4.52. The fraction of sp³-hybridized carbons (Fsp3) is 0.545. The molecule has 0 saturated carbocycles. The minimum atomic E-state index is 0.228. The van der Waals surface area contributed by atoms with E-state index in [4.69, 9.17) is 9.73 Å². The minimum Gasteiger partial charge on any atom is -0.496 e. The predicted octanol–water partition coefficient (Wildman–Crippen LogP) is 3.39. The molecule has 1 aliphatic heterocycles. The number of aryl methyl sites for hydroxylation is 1. The summed E-state index contributed by atoms with van der Waals surface area (Å²) in [4.78, 5) is 13.2. The zero-order valence-electron chi connectivity index (χ0n) is 17.8. The van der Waals surface area contributed by atoms with E-state index in [1.807, 2.05) is 18.3 Å². The van der Waals surface area contributed by atoms with Crippen molar-refractivity contribution in [3.05, 3.63) is 45.9 Å². The number of thiazole rings is 1. The number of benzene rings is 1. The molecule has 0 radical (unpaired) electrons. The number of hydrogen-bond acceptors (Lipinski definition) is 5. The second-order valence-corrected chi connectivity index (χ2v) is 8.58. The lowest BCUT2D eigenvalue weighted by Crippen LogP contribution is -2.39. The van der Waals surface area contributed by atoms with Gasteiger partial charge in [-0.15, -0.1) is 11.3 Å². The second-order valence-electron chi connectivity index (χ2n) is 7.26. The largest absolute Gasteiger partial charge is 0.496 e. The van der Waals surface area contributed by atoms with E-state index < -0.39 is 0 Å². The van der Waals surface area contributed by atoms with Crippen molar-refractivity contribution in [1.82, 2.24) is 20.5 Å². The summed E-state index contributed by atoms with van der Waals surface area (Å²) < 4.78 is 5.64. The van der Waals surface area contributed by atoms with Gasteiger partial charge in [-0.2, -0.15) is 0 Å². The van der Waals surface area contributed by atoms with E-state index in [9.17, 15) is 0 Å². The van der Waals surface area contributed by atoms with Gasteiger partial charge >= 0.3 is 0 Å². The highest BCUT2D eigenvalue weighted by molar-refractivity contribution is 7.11. The molecule has 29 heavy (non-hydrogen) atoms. The summed E-state index contributed by atoms with van der Waals surface area (Å²) >= 11 is 1.76. The topological polar surface area (TPSA) is 61.8 Å². The van der Waals surface area contributed by atoms with Crippen LogP contribution < -0.4 is 15.4 Å². The standard InChI is InChI=1S/C22H33N5OS/c1-4-23-22(24-12-11-21-25-15-17(2)29-21)26-16-19(27-13-7-8-14-27)18-9-5-6-10-20(18)28-3/h5-6,9-10,15,19H,4,7-8,11-14,16H2,1-3H3,(H2,23,24,26). The predicted molar refractivity (Wildman–Crippen MR) is 121 cm³/mol. The lowest BCUT2D eigenvalue weighted by atomic mass is 10.0. The van der Waals surface area contributed by atoms with Crippen LogP contribution in [0.25, 0.3) is 0 Å². The third-order valence-corrected chi connectivity index (χ3v) is 6.12. The molecule has 0 bridgehead atoms. The molecule has 0 spiro atoms. The van der Waals surface area contributed by atoms with Crippen LogP contribution in [0.5, 0.6) is 5.75 Å². The number of likely N-dealkylation sites (tertiary alicyclic amines) is 1. The van der Waals surface area contributed by atoms with Gasteiger partial charge in [0.15, 0.2) is 5.96 Å². The third-order valence-electron chi connectivity index (χ3n) is 5.15. The van der Waals surface area contributed by atoms with Crippen LogP contribution in [0.1, 0.15) is 41.3 Å². The van der Waals surface area contributed by atoms with Gasteiger partial charge in [0.05, 0.1) is 24.7 Å². The number of guanidine groups is 1. The van der Waals surface area contributed by atoms with Gasteiger partial charge in [0.2, 0.25) is 0 Å². The third kappa shape index (κ3) is 6.18. The number of ether oxygens (including phenoxy) is 1. The molecular weight excluding hydrogens is 382 g/mol. The van der Waals surface area contributed by atoms with E-state index in [2.05, 4.69) is 46.5 Å². The van der Waals surface area contributed by atoms with Crippen molar-refractivity contribution in [3.8, 4) is 5.75 Å². The van der Waals surface area contributed by atoms with Crippen LogP contribution in [0.4, 0.5) is 0 Å². The Kier molecular flexibility index (Phi) is 8.31. The zero-order valence-corrected chi connectivity index (χ0v) is 18.6. The number of nitrogens with one attached hydrogen (secondary N) is 2. The Hall–Kier alpha value is -2.12. The van der Waals surface area contributed by atoms with Crippen molar-refractivity contribution in [2.24, 2.45) is 4.99 Å². The van der Waals surface area contributed by atoms with Gasteiger partial charge in [0.25, 0.3) is 0 Å². The normalized spacial score (nSPS) is 16.0. The van der Waals surface area contributed by atoms with Crippen LogP contribution in [0.3, 0.4) is 0 Å². The first-order valence-corrected chi connectivity index (χ1v) is 11.3. The summed E-state index contributed by atoms with van der Waals surface area (Å²) in [6.07, 6.45) is 5.35. The monoisotopic (exact) mass is 415 g/mol. The molecule has 1 saturated heterocycles. The molecule has 158 valence electrons. The Morgan fingerprint density at radius 1 is 1.28 bits per heavy atom. The van der Waals surface area contributed by atoms with Crippen LogP contribution >= 0.6 is 11.3 Å². The first-order chi connectivity index (χ1) is 14.2. The molecule has 2 N–H and O–H groups in total. The molecule has 0 amide bonds. The molecule has 7 heteroatoms. The number of aliphatic imine (C=N–C) groups is 1. The number of aromatic nitrogens is 1. The van der Waals surface area contributed by atoms with Crippen LogP contribution in [0.15, 0.2) is 35.5 Å². The summed E-state index contributed by atoms with van der Waals surface area (Å²) in [5.74, 6) is 1.80. The molecule has 0 aliphatic carbocycles. The van der Waals surface area contributed by atoms with Crippen molar-refractivity contribution < 1.29 is 4.74 Å². The SMILES string of the molecule is CCNC(=NCC(c1ccccc1OC)N1CCCC1)NCCc1ncc(C)s1. The van der Waals surface area contributed by atoms with Gasteiger partial charge in [-0.3, -0.25) is 9.89 Å². The van der Waals surface area contributed by atoms with Gasteiger partial charge in [-0.1, -0.05) is 18.2 Å². The molecule has 6 nitrogen and oxygen atoms in total. The highest BCUT2D eigenvalue weighted by atomic mass is 32.1. The highest BCUT2D eigenvalue weighted by Gasteiger charge is 2.25. The van der Waals surface area contributed by atoms with Gasteiger partial charge in [-0.05, 0) is 45.8 Å². The zero-order chi connectivity index (χ0) is 20.5. The maximum Gasteiger partial charge on any atom is 0.191 e. The molecular formula is C22H33N5OS. The van der Waals surface area contributed by atoms with Gasteiger partial charge in [0, 0.05) is 36.1 Å². The average molecular weight is 416 g/mol. The summed E-state index contributed by atoms with van der Waals surface area (Å²) in [6.45, 7) is 8.78. The van der Waals surface area contributed by atoms with Crippen molar-refractivity contribution >= 4 is 17.3 Å². The molecule has 1 aliphatic rings. The molecule has 1 fully saturated rings. The Balaban J connectivity index is 1.68. The summed E-state index contributed by atoms with van der Waals surface area (Å²) in [5.41, 5.74) is 1.22. The smallest absolute Gasteiger partial charge is 0.191 e. The Bertz CT molecular complexity index is 785. The Morgan fingerprint density at radius 3 is 2.76 bits per heavy atom. The Morgan fingerprint density at radius 2 is 2.07 bits per heavy atom. The van der Waals surface area contributed by atoms with Crippen LogP contribution in [0.2, 0.25) is 0 Å². The molecule has 1 atom stereocenters. The number of hydrogen-bond donors (Lipinski definition) is 2. The lowest BCUT2D eigenvalue weighted by molar-refractivity contribution is 0.245. The molecule has 1 unspecified atom stereocenters. The molecule has 3 rings (SSSR count). The maximum absolute atomic E-state index is 5.64. The van der Waals surface area contributed by atoms with Crippen molar-refractivity contribution in [2.45, 2.75) is 39.2 Å². The number of para-hydroxylation sites is 1. The lowest BCUT2D eigenvalue weighted by Gasteiger charge is -2.28. The highest BCUT2D eigenvalue weighted by Crippen LogP contribution is 2.31. The van der Waals surface area contributed by atoms with E-state index in [0.29, 0.717) is 6.54 Å². The fourth-order valence-electron chi connectivity index (χ4n) is 3.73. The number of nitrogens with zero attached hydrogens (tertiary/aromatic N) is 3. The van der Waals surface area contributed by atoms with Crippen LogP contribution in [-0.2, 0) is 6.42 Å². The molecule has 2 aromatic rings. The summed E-state index contributed by atoms with van der Waals surface area (Å²) in [7, 11) is 1.75. The van der Waals surface area contributed by atoms with Gasteiger partial charge in [0.1, 0.15) is 5.75 Å². The van der Waals surface area contributed by atoms with Crippen LogP contribution in [0, 0.1) is 6.92 Å². The molecule has 1 aromatic carbocycles. The van der Waals surface area contributed by atoms with E-state index in [1.54, 1.807) is 18.4 Å². The van der Waals surface area contributed by atoms with E-state index >= 15 is 0 Å². The number of rotatable bonds is 9. The molecule has 1 aromatic heterocycles. The van der Waals surface area contributed by atoms with Crippen molar-refractivity contribution in [3.63, 3.8) is 0 Å². The second kappa shape index (κ2) is 11.2. The Labute approximate surface area is 178 Å². The first-order valence-electron chi connectivity index (χ1n) is 10.5. The number of methoxy groups -OCH3 is 1. The van der Waals surface area contributed by atoms with Gasteiger partial charge in [-0.25, -0.2) is 4.98 Å². The minimum absolute atomic E-state index is 0.228. The van der Waals surface area contributed by atoms with Crippen molar-refractivity contribution in [2.75, 3.05) is 39.8 Å². The summed E-state index contributed by atoms with van der Waals surface area (Å²) in [6, 6.07) is 8.55. The van der Waals surface area contributed by atoms with E-state index in [-0.39, 0.29) is 6.04 Å². The van der Waals surface area contributed by atoms with Gasteiger partial charge < -0.3 is 15.4 Å². The molecule has 2 heterocycles. The quantitative estimate of drug-likeness (QED) is 0.486. The summed E-state index contributed by atoms with van der Waals surface area (Å²) in [5, 5.41) is 7.99. The average Bonchev–Trinajstić information content (AvgIpc) is 3.40. The maximum atomic E-state index is 5.64. The van der Waals surface area contributed by atoms with E-state index in [1.165, 1.54) is 23.3 Å². The van der Waals surface area contributed by atoms with Crippen LogP contribution in [-0.4, -0.2) is 55.7 Å². The first kappa shape index (κ1) is 21.6. The van der Waals surface area contributed by atoms with Crippen molar-refractivity contribution in [1.29, 1.82) is 0 Å².